The average molecular weight is 181 g/mol. The first kappa shape index (κ1) is 9.38. The number of anilines is 1. The zero-order valence-corrected chi connectivity index (χ0v) is 7.32. The molecule has 0 unspecified atom stereocenters. The lowest BCUT2D eigenvalue weighted by molar-refractivity contribution is 0.104. The van der Waals surface area contributed by atoms with Gasteiger partial charge in [-0.15, -0.1) is 0 Å². The second-order valence-electron chi connectivity index (χ2n) is 2.35. The van der Waals surface area contributed by atoms with Crippen molar-refractivity contribution >= 4 is 11.8 Å². The van der Waals surface area contributed by atoms with Crippen molar-refractivity contribution in [2.75, 3.05) is 12.3 Å². The highest BCUT2D eigenvalue weighted by Gasteiger charge is 2.03. The first-order valence-corrected chi connectivity index (χ1v) is 3.92. The number of nitrogens with two attached hydrogens (primary N) is 1. The molecule has 70 valence electrons. The minimum atomic E-state index is -0.702. The molecule has 0 amide bonds. The van der Waals surface area contributed by atoms with Crippen molar-refractivity contribution in [2.45, 2.75) is 6.92 Å². The number of ether oxygens (including phenoxy) is 2. The summed E-state index contributed by atoms with van der Waals surface area (Å²) in [5, 5.41) is 0. The van der Waals surface area contributed by atoms with Gasteiger partial charge in [0.15, 0.2) is 0 Å². The van der Waals surface area contributed by atoms with E-state index in [0.29, 0.717) is 18.0 Å². The fraction of sp³-hybridized carbons (Fsp3) is 0.222. The van der Waals surface area contributed by atoms with Gasteiger partial charge in [-0.2, -0.15) is 0 Å². The smallest absolute Gasteiger partial charge is 0.434 e. The summed E-state index contributed by atoms with van der Waals surface area (Å²) >= 11 is 0. The lowest BCUT2D eigenvalue weighted by Gasteiger charge is -2.03. The molecule has 2 N–H and O–H groups in total. The Morgan fingerprint density at radius 3 is 2.54 bits per heavy atom. The molecule has 0 aliphatic rings. The fourth-order valence-electron chi connectivity index (χ4n) is 0.779. The molecule has 4 nitrogen and oxygen atoms in total. The Hall–Kier alpha value is -1.71. The molecule has 0 saturated carbocycles. The third-order valence-corrected chi connectivity index (χ3v) is 1.34. The van der Waals surface area contributed by atoms with Crippen molar-refractivity contribution < 1.29 is 14.3 Å². The maximum atomic E-state index is 10.8. The lowest BCUT2D eigenvalue weighted by Crippen LogP contribution is -2.09. The highest BCUT2D eigenvalue weighted by molar-refractivity contribution is 5.64. The molecule has 0 heterocycles. The third kappa shape index (κ3) is 3.02. The van der Waals surface area contributed by atoms with Gasteiger partial charge in [0, 0.05) is 5.69 Å². The second-order valence-corrected chi connectivity index (χ2v) is 2.35. The highest BCUT2D eigenvalue weighted by Crippen LogP contribution is 2.13. The van der Waals surface area contributed by atoms with Crippen LogP contribution in [0.2, 0.25) is 0 Å². The molecular weight excluding hydrogens is 170 g/mol. The van der Waals surface area contributed by atoms with Crippen LogP contribution in [0.3, 0.4) is 0 Å². The first-order chi connectivity index (χ1) is 6.22. The molecule has 1 aromatic rings. The van der Waals surface area contributed by atoms with Crippen LogP contribution in [0.1, 0.15) is 6.92 Å². The summed E-state index contributed by atoms with van der Waals surface area (Å²) in [5.41, 5.74) is 6.07. The molecule has 0 aliphatic heterocycles. The van der Waals surface area contributed by atoms with E-state index in [2.05, 4.69) is 4.74 Å². The van der Waals surface area contributed by atoms with Crippen molar-refractivity contribution in [1.29, 1.82) is 0 Å². The molecule has 0 fully saturated rings. The van der Waals surface area contributed by atoms with Gasteiger partial charge < -0.3 is 15.2 Å². The Bertz CT molecular complexity index is 281. The predicted molar refractivity (Wildman–Crippen MR) is 48.5 cm³/mol. The van der Waals surface area contributed by atoms with Crippen LogP contribution in [0.15, 0.2) is 24.3 Å². The minimum absolute atomic E-state index is 0.299. The van der Waals surface area contributed by atoms with Crippen LogP contribution < -0.4 is 10.5 Å². The van der Waals surface area contributed by atoms with E-state index in [0.717, 1.165) is 0 Å². The summed E-state index contributed by atoms with van der Waals surface area (Å²) in [6.45, 7) is 2.01. The van der Waals surface area contributed by atoms with Gasteiger partial charge in [0.1, 0.15) is 5.75 Å². The van der Waals surface area contributed by atoms with Gasteiger partial charge in [-0.1, -0.05) is 0 Å². The molecule has 13 heavy (non-hydrogen) atoms. The Morgan fingerprint density at radius 2 is 2.00 bits per heavy atom. The second kappa shape index (κ2) is 4.35. The van der Waals surface area contributed by atoms with E-state index in [4.69, 9.17) is 10.5 Å². The SMILES string of the molecule is CCOC(=O)Oc1ccc(N)cc1. The molecule has 1 rings (SSSR count). The molecule has 0 saturated heterocycles. The summed E-state index contributed by atoms with van der Waals surface area (Å²) in [5.74, 6) is 0.424. The summed E-state index contributed by atoms with van der Waals surface area (Å²) in [4.78, 5) is 10.8. The van der Waals surface area contributed by atoms with Crippen molar-refractivity contribution in [3.8, 4) is 5.75 Å². The Kier molecular flexibility index (Phi) is 3.14. The van der Waals surface area contributed by atoms with Crippen LogP contribution in [0.5, 0.6) is 5.75 Å². The molecule has 0 aromatic heterocycles. The van der Waals surface area contributed by atoms with Crippen molar-refractivity contribution in [3.05, 3.63) is 24.3 Å². The molecule has 1 aromatic carbocycles. The number of rotatable bonds is 2. The van der Waals surface area contributed by atoms with Gasteiger partial charge in [-0.25, -0.2) is 4.79 Å². The number of hydrogen-bond donors (Lipinski definition) is 1. The minimum Gasteiger partial charge on any atom is -0.434 e. The molecule has 0 atom stereocenters. The molecule has 0 spiro atoms. The van der Waals surface area contributed by atoms with E-state index in [1.807, 2.05) is 0 Å². The summed E-state index contributed by atoms with van der Waals surface area (Å²) in [7, 11) is 0. The van der Waals surface area contributed by atoms with Gasteiger partial charge in [-0.3, -0.25) is 0 Å². The van der Waals surface area contributed by atoms with Crippen LogP contribution in [-0.4, -0.2) is 12.8 Å². The molecule has 0 aliphatic carbocycles. The zero-order chi connectivity index (χ0) is 9.68. The van der Waals surface area contributed by atoms with E-state index in [1.165, 1.54) is 0 Å². The van der Waals surface area contributed by atoms with Crippen LogP contribution in [-0.2, 0) is 4.74 Å². The van der Waals surface area contributed by atoms with Crippen LogP contribution in [0.4, 0.5) is 10.5 Å². The van der Waals surface area contributed by atoms with Crippen LogP contribution in [0.25, 0.3) is 0 Å². The number of nitrogen functional groups attached to an aromatic ring is 1. The largest absolute Gasteiger partial charge is 0.513 e. The van der Waals surface area contributed by atoms with E-state index in [-0.39, 0.29) is 0 Å². The van der Waals surface area contributed by atoms with E-state index in [9.17, 15) is 4.79 Å². The first-order valence-electron chi connectivity index (χ1n) is 3.92. The van der Waals surface area contributed by atoms with Gasteiger partial charge >= 0.3 is 6.16 Å². The highest BCUT2D eigenvalue weighted by atomic mass is 16.7. The van der Waals surface area contributed by atoms with Crippen LogP contribution in [0, 0.1) is 0 Å². The van der Waals surface area contributed by atoms with Crippen molar-refractivity contribution in [1.82, 2.24) is 0 Å². The summed E-state index contributed by atoms with van der Waals surface area (Å²) < 4.78 is 9.38. The molecule has 0 bridgehead atoms. The monoisotopic (exact) mass is 181 g/mol. The van der Waals surface area contributed by atoms with Gasteiger partial charge in [-0.05, 0) is 31.2 Å². The number of carbonyl (C=O) groups excluding carboxylic acids is 1. The van der Waals surface area contributed by atoms with Crippen molar-refractivity contribution in [3.63, 3.8) is 0 Å². The topological polar surface area (TPSA) is 61.5 Å². The lowest BCUT2D eigenvalue weighted by atomic mass is 10.3. The number of carbonyl (C=O) groups is 1. The zero-order valence-electron chi connectivity index (χ0n) is 7.32. The summed E-state index contributed by atoms with van der Waals surface area (Å²) in [6.07, 6.45) is -0.702. The standard InChI is InChI=1S/C9H11NO3/c1-2-12-9(11)13-8-5-3-7(10)4-6-8/h3-6H,2,10H2,1H3. The van der Waals surface area contributed by atoms with Gasteiger partial charge in [0.2, 0.25) is 0 Å². The molecule has 0 radical (unpaired) electrons. The quantitative estimate of drug-likeness (QED) is 0.429. The maximum absolute atomic E-state index is 10.8. The van der Waals surface area contributed by atoms with Gasteiger partial charge in [0.05, 0.1) is 6.61 Å². The fourth-order valence-corrected chi connectivity index (χ4v) is 0.779. The normalized spacial score (nSPS) is 9.31. The van der Waals surface area contributed by atoms with Crippen LogP contribution >= 0.6 is 0 Å². The van der Waals surface area contributed by atoms with E-state index >= 15 is 0 Å². The Morgan fingerprint density at radius 1 is 1.38 bits per heavy atom. The number of benzene rings is 1. The predicted octanol–water partition coefficient (Wildman–Crippen LogP) is 1.80. The molecule has 4 heteroatoms. The Labute approximate surface area is 76.3 Å². The maximum Gasteiger partial charge on any atom is 0.513 e. The molecular formula is C9H11NO3. The third-order valence-electron chi connectivity index (χ3n) is 1.34. The number of hydrogen-bond acceptors (Lipinski definition) is 4. The van der Waals surface area contributed by atoms with Crippen molar-refractivity contribution in [2.24, 2.45) is 0 Å². The van der Waals surface area contributed by atoms with Gasteiger partial charge in [0.25, 0.3) is 0 Å². The summed E-state index contributed by atoms with van der Waals surface area (Å²) in [6, 6.07) is 6.50. The average Bonchev–Trinajstić information content (AvgIpc) is 2.09. The Balaban J connectivity index is 2.54. The van der Waals surface area contributed by atoms with E-state index < -0.39 is 6.16 Å². The van der Waals surface area contributed by atoms with E-state index in [1.54, 1.807) is 31.2 Å².